The molecule has 6 heteroatoms. The smallest absolute Gasteiger partial charge is 0.413 e. The van der Waals surface area contributed by atoms with Gasteiger partial charge in [0.1, 0.15) is 0 Å². The SMILES string of the molecule is CCCC[n+]1cc(NC(=O)OC)on1. The number of aryl methyl sites for hydroxylation is 1. The zero-order valence-corrected chi connectivity index (χ0v) is 8.32. The highest BCUT2D eigenvalue weighted by atomic mass is 16.5. The van der Waals surface area contributed by atoms with E-state index in [1.807, 2.05) is 0 Å². The van der Waals surface area contributed by atoms with Crippen LogP contribution in [0.15, 0.2) is 10.7 Å². The van der Waals surface area contributed by atoms with Crippen LogP contribution in [-0.4, -0.2) is 18.5 Å². The number of carbonyl (C=O) groups excluding carboxylic acids is 1. The van der Waals surface area contributed by atoms with E-state index in [1.54, 1.807) is 10.9 Å². The summed E-state index contributed by atoms with van der Waals surface area (Å²) in [6.45, 7) is 2.87. The highest BCUT2D eigenvalue weighted by Crippen LogP contribution is 2.00. The van der Waals surface area contributed by atoms with Gasteiger partial charge in [-0.2, -0.15) is 0 Å². The highest BCUT2D eigenvalue weighted by molar-refractivity contribution is 5.82. The van der Waals surface area contributed by atoms with E-state index in [1.165, 1.54) is 7.11 Å². The summed E-state index contributed by atoms with van der Waals surface area (Å²) in [4.78, 5) is 10.8. The molecule has 1 amide bonds. The molecule has 0 saturated heterocycles. The van der Waals surface area contributed by atoms with E-state index < -0.39 is 6.09 Å². The summed E-state index contributed by atoms with van der Waals surface area (Å²) in [7, 11) is 1.29. The summed E-state index contributed by atoms with van der Waals surface area (Å²) in [5, 5.41) is 6.09. The number of methoxy groups -OCH3 is 1. The van der Waals surface area contributed by atoms with Crippen LogP contribution in [0.1, 0.15) is 19.8 Å². The van der Waals surface area contributed by atoms with Crippen LogP contribution in [0, 0.1) is 0 Å². The minimum atomic E-state index is -0.566. The first-order chi connectivity index (χ1) is 6.76. The van der Waals surface area contributed by atoms with Crippen molar-refractivity contribution in [3.05, 3.63) is 6.20 Å². The van der Waals surface area contributed by atoms with Crippen molar-refractivity contribution in [3.8, 4) is 0 Å². The average Bonchev–Trinajstić information content (AvgIpc) is 2.62. The fourth-order valence-corrected chi connectivity index (χ4v) is 0.911. The van der Waals surface area contributed by atoms with Gasteiger partial charge in [0.05, 0.1) is 7.11 Å². The fourth-order valence-electron chi connectivity index (χ4n) is 0.911. The first-order valence-electron chi connectivity index (χ1n) is 4.47. The van der Waals surface area contributed by atoms with E-state index in [4.69, 9.17) is 4.52 Å². The van der Waals surface area contributed by atoms with Crippen molar-refractivity contribution < 1.29 is 18.7 Å². The minimum Gasteiger partial charge on any atom is -0.453 e. The van der Waals surface area contributed by atoms with Crippen LogP contribution in [0.2, 0.25) is 0 Å². The lowest BCUT2D eigenvalue weighted by Gasteiger charge is -1.93. The van der Waals surface area contributed by atoms with Gasteiger partial charge >= 0.3 is 12.0 Å². The van der Waals surface area contributed by atoms with E-state index in [9.17, 15) is 4.79 Å². The molecule has 1 aromatic rings. The maximum atomic E-state index is 10.8. The second kappa shape index (κ2) is 5.21. The molecule has 0 aliphatic rings. The van der Waals surface area contributed by atoms with Gasteiger partial charge in [0.2, 0.25) is 5.27 Å². The lowest BCUT2D eigenvalue weighted by Crippen LogP contribution is -2.34. The summed E-state index contributed by atoms with van der Waals surface area (Å²) >= 11 is 0. The Kier molecular flexibility index (Phi) is 3.90. The lowest BCUT2D eigenvalue weighted by atomic mass is 10.3. The maximum Gasteiger partial charge on any atom is 0.413 e. The zero-order valence-electron chi connectivity index (χ0n) is 8.32. The van der Waals surface area contributed by atoms with Crippen LogP contribution in [0.3, 0.4) is 0 Å². The molecular formula is C8H14N3O3+. The molecule has 0 saturated carbocycles. The van der Waals surface area contributed by atoms with Crippen LogP contribution in [0.4, 0.5) is 10.7 Å². The van der Waals surface area contributed by atoms with Crippen molar-refractivity contribution in [2.45, 2.75) is 26.3 Å². The molecule has 0 aromatic carbocycles. The van der Waals surface area contributed by atoms with Crippen LogP contribution in [0.25, 0.3) is 0 Å². The number of nitrogens with one attached hydrogen (secondary N) is 1. The Bertz CT molecular complexity index is 298. The number of hydrogen-bond acceptors (Lipinski definition) is 4. The Morgan fingerprint density at radius 3 is 3.21 bits per heavy atom. The summed E-state index contributed by atoms with van der Waals surface area (Å²) in [5.41, 5.74) is 0. The topological polar surface area (TPSA) is 68.2 Å². The monoisotopic (exact) mass is 200 g/mol. The third-order valence-electron chi connectivity index (χ3n) is 1.66. The Morgan fingerprint density at radius 2 is 2.57 bits per heavy atom. The molecule has 0 bridgehead atoms. The summed E-state index contributed by atoms with van der Waals surface area (Å²) < 4.78 is 10.9. The Morgan fingerprint density at radius 1 is 1.79 bits per heavy atom. The summed E-state index contributed by atoms with van der Waals surface area (Å²) in [5.74, 6) is 0.285. The number of rotatable bonds is 4. The van der Waals surface area contributed by atoms with Gasteiger partial charge in [-0.15, -0.1) is 0 Å². The minimum absolute atomic E-state index is 0.285. The molecule has 0 fully saturated rings. The standard InChI is InChI=1S/C8H13N3O3/c1-3-4-5-11-6-7(14-10-11)9-8(12)13-2/h6H,3-5H2,1-2H3/p+1. The molecule has 6 nitrogen and oxygen atoms in total. The first-order valence-corrected chi connectivity index (χ1v) is 4.47. The van der Waals surface area contributed by atoms with Gasteiger partial charge < -0.3 is 4.74 Å². The van der Waals surface area contributed by atoms with Crippen molar-refractivity contribution in [2.75, 3.05) is 12.4 Å². The van der Waals surface area contributed by atoms with Crippen molar-refractivity contribution in [1.29, 1.82) is 0 Å². The van der Waals surface area contributed by atoms with Gasteiger partial charge in [-0.05, 0) is 0 Å². The summed E-state index contributed by atoms with van der Waals surface area (Å²) in [6.07, 6.45) is 3.16. The Hall–Kier alpha value is -1.59. The maximum absolute atomic E-state index is 10.8. The molecule has 0 unspecified atom stereocenters. The van der Waals surface area contributed by atoms with Crippen molar-refractivity contribution in [3.63, 3.8) is 0 Å². The average molecular weight is 200 g/mol. The number of nitrogens with zero attached hydrogens (tertiary/aromatic N) is 2. The number of amides is 1. The van der Waals surface area contributed by atoms with Crippen LogP contribution < -0.4 is 10.00 Å². The van der Waals surface area contributed by atoms with Crippen molar-refractivity contribution in [1.82, 2.24) is 5.27 Å². The highest BCUT2D eigenvalue weighted by Gasteiger charge is 2.12. The van der Waals surface area contributed by atoms with Gasteiger partial charge in [-0.1, -0.05) is 18.0 Å². The second-order valence-corrected chi connectivity index (χ2v) is 2.80. The summed E-state index contributed by atoms with van der Waals surface area (Å²) in [6, 6.07) is 0. The quantitative estimate of drug-likeness (QED) is 0.734. The van der Waals surface area contributed by atoms with E-state index in [2.05, 4.69) is 22.2 Å². The van der Waals surface area contributed by atoms with E-state index in [0.717, 1.165) is 19.4 Å². The third-order valence-corrected chi connectivity index (χ3v) is 1.66. The molecule has 1 N–H and O–H groups in total. The predicted octanol–water partition coefficient (Wildman–Crippen LogP) is 0.940. The molecule has 0 atom stereocenters. The van der Waals surface area contributed by atoms with Gasteiger partial charge in [-0.25, -0.2) is 4.79 Å². The zero-order chi connectivity index (χ0) is 10.4. The normalized spacial score (nSPS) is 9.86. The molecule has 0 spiro atoms. The second-order valence-electron chi connectivity index (χ2n) is 2.80. The van der Waals surface area contributed by atoms with E-state index >= 15 is 0 Å². The van der Waals surface area contributed by atoms with Crippen molar-refractivity contribution in [2.24, 2.45) is 0 Å². The molecule has 0 aliphatic heterocycles. The number of aromatic nitrogens is 2. The molecule has 14 heavy (non-hydrogen) atoms. The molecular weight excluding hydrogens is 186 g/mol. The van der Waals surface area contributed by atoms with Gasteiger partial charge in [0.15, 0.2) is 6.54 Å². The Labute approximate surface area is 81.8 Å². The largest absolute Gasteiger partial charge is 0.453 e. The first kappa shape index (κ1) is 10.5. The lowest BCUT2D eigenvalue weighted by molar-refractivity contribution is -0.762. The molecule has 1 aromatic heterocycles. The molecule has 78 valence electrons. The number of anilines is 1. The van der Waals surface area contributed by atoms with Crippen LogP contribution in [-0.2, 0) is 11.3 Å². The molecule has 1 heterocycles. The number of hydrogen-bond donors (Lipinski definition) is 1. The van der Waals surface area contributed by atoms with Crippen LogP contribution >= 0.6 is 0 Å². The number of unbranched alkanes of at least 4 members (excludes halogenated alkanes) is 1. The van der Waals surface area contributed by atoms with Gasteiger partial charge in [0.25, 0.3) is 6.20 Å². The molecule has 1 rings (SSSR count). The predicted molar refractivity (Wildman–Crippen MR) is 47.6 cm³/mol. The number of ether oxygens (including phenoxy) is 1. The van der Waals surface area contributed by atoms with Crippen molar-refractivity contribution >= 4 is 12.0 Å². The van der Waals surface area contributed by atoms with E-state index in [-0.39, 0.29) is 5.88 Å². The third kappa shape index (κ3) is 3.04. The van der Waals surface area contributed by atoms with Gasteiger partial charge in [0, 0.05) is 6.42 Å². The fraction of sp³-hybridized carbons (Fsp3) is 0.625. The van der Waals surface area contributed by atoms with E-state index in [0.29, 0.717) is 0 Å². The molecule has 0 aliphatic carbocycles. The number of carbonyl (C=O) groups is 1. The molecule has 0 radical (unpaired) electrons. The van der Waals surface area contributed by atoms with Gasteiger partial charge in [-0.3, -0.25) is 9.84 Å². The van der Waals surface area contributed by atoms with Crippen LogP contribution in [0.5, 0.6) is 0 Å². The Balaban J connectivity index is 2.46.